The van der Waals surface area contributed by atoms with Crippen molar-refractivity contribution in [2.45, 2.75) is 6.54 Å². The molecular weight excluding hydrogens is 278 g/mol. The molecule has 0 atom stereocenters. The number of aromatic carboxylic acids is 1. The minimum atomic E-state index is -0.881. The molecule has 0 aromatic heterocycles. The molecule has 1 aliphatic heterocycles. The standard InChI is InChI=1S/C18H19NO3/c20-18(21)16-8-6-14(7-9-16)10-19-11-15(12-19)13-22-17-4-2-1-3-5-17/h1-9,15H,10-13H2,(H,20,21). The van der Waals surface area contributed by atoms with Crippen molar-refractivity contribution in [3.05, 3.63) is 65.7 Å². The van der Waals surface area contributed by atoms with Gasteiger partial charge in [0.25, 0.3) is 0 Å². The summed E-state index contributed by atoms with van der Waals surface area (Å²) in [7, 11) is 0. The molecule has 1 aliphatic rings. The Morgan fingerprint density at radius 3 is 2.41 bits per heavy atom. The number of para-hydroxylation sites is 1. The van der Waals surface area contributed by atoms with Gasteiger partial charge in [-0.2, -0.15) is 0 Å². The molecule has 1 N–H and O–H groups in total. The number of benzene rings is 2. The van der Waals surface area contributed by atoms with E-state index in [1.807, 2.05) is 42.5 Å². The first-order valence-electron chi connectivity index (χ1n) is 7.43. The lowest BCUT2D eigenvalue weighted by Gasteiger charge is -2.39. The molecule has 0 saturated carbocycles. The van der Waals surface area contributed by atoms with E-state index in [0.29, 0.717) is 11.5 Å². The SMILES string of the molecule is O=C(O)c1ccc(CN2CC(COc3ccccc3)C2)cc1. The van der Waals surface area contributed by atoms with Gasteiger partial charge in [-0.3, -0.25) is 4.90 Å². The lowest BCUT2D eigenvalue weighted by Crippen LogP contribution is -2.48. The molecular formula is C18H19NO3. The highest BCUT2D eigenvalue weighted by Gasteiger charge is 2.27. The van der Waals surface area contributed by atoms with Crippen molar-refractivity contribution in [2.75, 3.05) is 19.7 Å². The van der Waals surface area contributed by atoms with Crippen LogP contribution in [0.5, 0.6) is 5.75 Å². The lowest BCUT2D eigenvalue weighted by atomic mass is 10.00. The zero-order valence-electron chi connectivity index (χ0n) is 12.3. The second-order valence-corrected chi connectivity index (χ2v) is 5.69. The van der Waals surface area contributed by atoms with Crippen molar-refractivity contribution in [3.63, 3.8) is 0 Å². The highest BCUT2D eigenvalue weighted by Crippen LogP contribution is 2.20. The summed E-state index contributed by atoms with van der Waals surface area (Å²) >= 11 is 0. The zero-order chi connectivity index (χ0) is 15.4. The molecule has 114 valence electrons. The van der Waals surface area contributed by atoms with Gasteiger partial charge in [-0.05, 0) is 29.8 Å². The first kappa shape index (κ1) is 14.6. The molecule has 0 radical (unpaired) electrons. The second-order valence-electron chi connectivity index (χ2n) is 5.69. The molecule has 0 amide bonds. The average molecular weight is 297 g/mol. The van der Waals surface area contributed by atoms with Gasteiger partial charge in [0, 0.05) is 25.6 Å². The van der Waals surface area contributed by atoms with Gasteiger partial charge in [0.05, 0.1) is 12.2 Å². The summed E-state index contributed by atoms with van der Waals surface area (Å²) < 4.78 is 5.76. The van der Waals surface area contributed by atoms with E-state index in [4.69, 9.17) is 9.84 Å². The molecule has 22 heavy (non-hydrogen) atoms. The highest BCUT2D eigenvalue weighted by molar-refractivity contribution is 5.87. The Hall–Kier alpha value is -2.33. The normalized spacial score (nSPS) is 15.3. The third-order valence-electron chi connectivity index (χ3n) is 3.87. The fraction of sp³-hybridized carbons (Fsp3) is 0.278. The number of rotatable bonds is 6. The number of carbonyl (C=O) groups is 1. The van der Waals surface area contributed by atoms with Gasteiger partial charge in [0.15, 0.2) is 0 Å². The molecule has 2 aromatic carbocycles. The van der Waals surface area contributed by atoms with Crippen molar-refractivity contribution in [3.8, 4) is 5.75 Å². The molecule has 3 rings (SSSR count). The fourth-order valence-corrected chi connectivity index (χ4v) is 2.65. The average Bonchev–Trinajstić information content (AvgIpc) is 2.51. The summed E-state index contributed by atoms with van der Waals surface area (Å²) in [4.78, 5) is 13.2. The van der Waals surface area contributed by atoms with Crippen LogP contribution in [-0.2, 0) is 6.54 Å². The fourth-order valence-electron chi connectivity index (χ4n) is 2.65. The van der Waals surface area contributed by atoms with Gasteiger partial charge in [-0.25, -0.2) is 4.79 Å². The Labute approximate surface area is 130 Å². The maximum Gasteiger partial charge on any atom is 0.335 e. The van der Waals surface area contributed by atoms with Gasteiger partial charge >= 0.3 is 5.97 Å². The molecule has 1 fully saturated rings. The first-order valence-corrected chi connectivity index (χ1v) is 7.43. The van der Waals surface area contributed by atoms with Crippen molar-refractivity contribution < 1.29 is 14.6 Å². The Morgan fingerprint density at radius 1 is 1.09 bits per heavy atom. The Balaban J connectivity index is 1.41. The molecule has 4 heteroatoms. The van der Waals surface area contributed by atoms with Crippen molar-refractivity contribution in [1.29, 1.82) is 0 Å². The second kappa shape index (κ2) is 6.62. The Morgan fingerprint density at radius 2 is 1.77 bits per heavy atom. The summed E-state index contributed by atoms with van der Waals surface area (Å²) in [5.41, 5.74) is 1.48. The minimum absolute atomic E-state index is 0.335. The van der Waals surface area contributed by atoms with E-state index >= 15 is 0 Å². The van der Waals surface area contributed by atoms with Crippen molar-refractivity contribution in [1.82, 2.24) is 4.90 Å². The lowest BCUT2D eigenvalue weighted by molar-refractivity contribution is 0.0557. The maximum atomic E-state index is 10.8. The van der Waals surface area contributed by atoms with E-state index in [2.05, 4.69) is 4.90 Å². The van der Waals surface area contributed by atoms with Crippen LogP contribution in [0.1, 0.15) is 15.9 Å². The summed E-state index contributed by atoms with van der Waals surface area (Å²) in [6.07, 6.45) is 0. The Bertz CT molecular complexity index is 619. The van der Waals surface area contributed by atoms with Crippen LogP contribution in [0, 0.1) is 5.92 Å². The summed E-state index contributed by atoms with van der Waals surface area (Å²) in [5.74, 6) is 0.609. The molecule has 0 unspecified atom stereocenters. The van der Waals surface area contributed by atoms with Crippen LogP contribution in [0.15, 0.2) is 54.6 Å². The number of ether oxygens (including phenoxy) is 1. The number of hydrogen-bond donors (Lipinski definition) is 1. The van der Waals surface area contributed by atoms with Crippen LogP contribution >= 0.6 is 0 Å². The number of carboxylic acids is 1. The van der Waals surface area contributed by atoms with E-state index in [9.17, 15) is 4.79 Å². The van der Waals surface area contributed by atoms with E-state index in [-0.39, 0.29) is 0 Å². The van der Waals surface area contributed by atoms with Crippen molar-refractivity contribution >= 4 is 5.97 Å². The molecule has 0 spiro atoms. The van der Waals surface area contributed by atoms with Gasteiger partial charge < -0.3 is 9.84 Å². The predicted octanol–water partition coefficient (Wildman–Crippen LogP) is 2.90. The Kier molecular flexibility index (Phi) is 4.39. The van der Waals surface area contributed by atoms with Gasteiger partial charge in [0.2, 0.25) is 0 Å². The monoisotopic (exact) mass is 297 g/mol. The van der Waals surface area contributed by atoms with E-state index < -0.39 is 5.97 Å². The maximum absolute atomic E-state index is 10.8. The van der Waals surface area contributed by atoms with Crippen LogP contribution < -0.4 is 4.74 Å². The van der Waals surface area contributed by atoms with Crippen LogP contribution in [0.2, 0.25) is 0 Å². The highest BCUT2D eigenvalue weighted by atomic mass is 16.5. The summed E-state index contributed by atoms with van der Waals surface area (Å²) in [5, 5.41) is 8.88. The third kappa shape index (κ3) is 3.65. The van der Waals surface area contributed by atoms with E-state index in [1.54, 1.807) is 12.1 Å². The van der Waals surface area contributed by atoms with Crippen LogP contribution in [0.3, 0.4) is 0 Å². The smallest absolute Gasteiger partial charge is 0.335 e. The number of nitrogens with zero attached hydrogens (tertiary/aromatic N) is 1. The van der Waals surface area contributed by atoms with Gasteiger partial charge in [0.1, 0.15) is 5.75 Å². The molecule has 4 nitrogen and oxygen atoms in total. The summed E-state index contributed by atoms with van der Waals surface area (Å²) in [6.45, 7) is 3.65. The quantitative estimate of drug-likeness (QED) is 0.890. The largest absolute Gasteiger partial charge is 0.493 e. The topological polar surface area (TPSA) is 49.8 Å². The minimum Gasteiger partial charge on any atom is -0.493 e. The molecule has 0 aliphatic carbocycles. The van der Waals surface area contributed by atoms with Crippen LogP contribution in [0.4, 0.5) is 0 Å². The number of hydrogen-bond acceptors (Lipinski definition) is 3. The number of likely N-dealkylation sites (tertiary alicyclic amines) is 1. The van der Waals surface area contributed by atoms with Crippen LogP contribution in [-0.4, -0.2) is 35.7 Å². The zero-order valence-corrected chi connectivity index (χ0v) is 12.3. The van der Waals surface area contributed by atoms with E-state index in [0.717, 1.165) is 37.6 Å². The van der Waals surface area contributed by atoms with Gasteiger partial charge in [-0.1, -0.05) is 30.3 Å². The molecule has 1 saturated heterocycles. The number of carboxylic acid groups (broad SMARTS) is 1. The third-order valence-corrected chi connectivity index (χ3v) is 3.87. The predicted molar refractivity (Wildman–Crippen MR) is 84.1 cm³/mol. The van der Waals surface area contributed by atoms with Crippen LogP contribution in [0.25, 0.3) is 0 Å². The van der Waals surface area contributed by atoms with Crippen molar-refractivity contribution in [2.24, 2.45) is 5.92 Å². The first-order chi connectivity index (χ1) is 10.7. The molecule has 2 aromatic rings. The summed E-state index contributed by atoms with van der Waals surface area (Å²) in [6, 6.07) is 17.0. The molecule has 1 heterocycles. The van der Waals surface area contributed by atoms with Gasteiger partial charge in [-0.15, -0.1) is 0 Å². The molecule has 0 bridgehead atoms. The van der Waals surface area contributed by atoms with E-state index in [1.165, 1.54) is 0 Å².